The van der Waals surface area contributed by atoms with Crippen molar-refractivity contribution in [3.63, 3.8) is 0 Å². The highest BCUT2D eigenvalue weighted by Gasteiger charge is 2.48. The third-order valence-corrected chi connectivity index (χ3v) is 4.78. The van der Waals surface area contributed by atoms with E-state index in [1.807, 2.05) is 0 Å². The van der Waals surface area contributed by atoms with E-state index in [9.17, 15) is 33.7 Å². The number of nitrogens with zero attached hydrogens (tertiary/aromatic N) is 3. The summed E-state index contributed by atoms with van der Waals surface area (Å²) in [6.45, 7) is 3.75. The topological polar surface area (TPSA) is 169 Å². The smallest absolute Gasteiger partial charge is 0.351 e. The predicted octanol–water partition coefficient (Wildman–Crippen LogP) is 1.32. The molecule has 1 aromatic heterocycles. The first kappa shape index (κ1) is 24.4. The van der Waals surface area contributed by atoms with Gasteiger partial charge in [-0.2, -0.15) is 4.98 Å². The van der Waals surface area contributed by atoms with Gasteiger partial charge >= 0.3 is 17.6 Å². The molecule has 0 aliphatic carbocycles. The summed E-state index contributed by atoms with van der Waals surface area (Å²) in [6, 6.07) is 4.48. The molecule has 1 aliphatic rings. The van der Waals surface area contributed by atoms with E-state index in [1.165, 1.54) is 6.92 Å². The molecule has 1 saturated heterocycles. The Morgan fingerprint density at radius 3 is 2.29 bits per heavy atom. The van der Waals surface area contributed by atoms with E-state index in [0.29, 0.717) is 10.8 Å². The van der Waals surface area contributed by atoms with Crippen molar-refractivity contribution in [1.29, 1.82) is 0 Å². The van der Waals surface area contributed by atoms with E-state index in [-0.39, 0.29) is 11.3 Å². The molecule has 1 amide bonds. The Kier molecular flexibility index (Phi) is 7.00. The van der Waals surface area contributed by atoms with Gasteiger partial charge in [0.05, 0.1) is 17.2 Å². The highest BCUT2D eigenvalue weighted by molar-refractivity contribution is 6.03. The number of rotatable bonds is 6. The van der Waals surface area contributed by atoms with E-state index in [4.69, 9.17) is 14.2 Å². The molecule has 13 nitrogen and oxygen atoms in total. The molecule has 1 fully saturated rings. The lowest BCUT2D eigenvalue weighted by Crippen LogP contribution is -2.40. The van der Waals surface area contributed by atoms with E-state index in [2.05, 4.69) is 10.3 Å². The number of carbonyl (C=O) groups excluding carboxylic acids is 3. The van der Waals surface area contributed by atoms with Gasteiger partial charge in [-0.05, 0) is 19.1 Å². The number of halogens is 1. The number of hydrogen-bond donors (Lipinski definition) is 1. The van der Waals surface area contributed by atoms with Gasteiger partial charge in [-0.15, -0.1) is 0 Å². The molecule has 0 unspecified atom stereocenters. The second kappa shape index (κ2) is 9.74. The van der Waals surface area contributed by atoms with E-state index < -0.39 is 64.6 Å². The zero-order valence-electron chi connectivity index (χ0n) is 18.1. The number of non-ortho nitro benzene ring substituents is 1. The molecule has 14 heteroatoms. The molecule has 2 aromatic rings. The minimum Gasteiger partial charge on any atom is -0.456 e. The number of nitrogens with one attached hydrogen (secondary N) is 1. The molecule has 1 N–H and O–H groups in total. The van der Waals surface area contributed by atoms with Crippen LogP contribution in [0.2, 0.25) is 0 Å². The molecule has 4 atom stereocenters. The van der Waals surface area contributed by atoms with Gasteiger partial charge in [-0.25, -0.2) is 9.18 Å². The van der Waals surface area contributed by atoms with Gasteiger partial charge in [-0.1, -0.05) is 0 Å². The molecule has 1 aliphatic heterocycles. The monoisotopic (exact) mass is 478 g/mol. The van der Waals surface area contributed by atoms with Crippen molar-refractivity contribution in [2.45, 2.75) is 45.3 Å². The molecule has 2 heterocycles. The SMILES string of the molecule is CC(=O)O[C@@H]1[C@H](OC(C)=O)[C@@H](C)O[C@H]1n1cc(F)c(NC(=O)c2ccc([N+](=O)[O-])cc2)nc1=O. The van der Waals surface area contributed by atoms with Crippen LogP contribution in [0.25, 0.3) is 0 Å². The second-order valence-corrected chi connectivity index (χ2v) is 7.27. The summed E-state index contributed by atoms with van der Waals surface area (Å²) in [5, 5.41) is 12.8. The summed E-state index contributed by atoms with van der Waals surface area (Å²) < 4.78 is 31.4. The van der Waals surface area contributed by atoms with Crippen LogP contribution in [0.15, 0.2) is 35.3 Å². The van der Waals surface area contributed by atoms with Crippen molar-refractivity contribution in [2.24, 2.45) is 0 Å². The van der Waals surface area contributed by atoms with Crippen LogP contribution in [-0.4, -0.2) is 50.6 Å². The Morgan fingerprint density at radius 2 is 1.74 bits per heavy atom. The number of aromatic nitrogens is 2. The summed E-state index contributed by atoms with van der Waals surface area (Å²) in [7, 11) is 0. The van der Waals surface area contributed by atoms with Gasteiger partial charge in [0.15, 0.2) is 30.1 Å². The van der Waals surface area contributed by atoms with Gasteiger partial charge in [0, 0.05) is 31.5 Å². The molecule has 0 bridgehead atoms. The minimum atomic E-state index is -1.36. The molecule has 0 spiro atoms. The number of carbonyl (C=O) groups is 3. The van der Waals surface area contributed by atoms with Crippen molar-refractivity contribution < 1.29 is 37.9 Å². The Balaban J connectivity index is 1.87. The molecular formula is C20H19FN4O9. The highest BCUT2D eigenvalue weighted by Crippen LogP contribution is 2.33. The third kappa shape index (κ3) is 5.23. The van der Waals surface area contributed by atoms with Crippen LogP contribution in [0.5, 0.6) is 0 Å². The summed E-state index contributed by atoms with van der Waals surface area (Å²) in [5.74, 6) is -4.12. The van der Waals surface area contributed by atoms with Crippen LogP contribution in [0, 0.1) is 15.9 Å². The van der Waals surface area contributed by atoms with Crippen molar-refractivity contribution >= 4 is 29.4 Å². The lowest BCUT2D eigenvalue weighted by atomic mass is 10.1. The lowest BCUT2D eigenvalue weighted by molar-refractivity contribution is -0.384. The van der Waals surface area contributed by atoms with Crippen molar-refractivity contribution in [3.05, 3.63) is 62.4 Å². The van der Waals surface area contributed by atoms with Crippen molar-refractivity contribution in [2.75, 3.05) is 5.32 Å². The Bertz CT molecular complexity index is 1200. The van der Waals surface area contributed by atoms with Gasteiger partial charge < -0.3 is 19.5 Å². The molecule has 3 rings (SSSR count). The van der Waals surface area contributed by atoms with E-state index in [1.54, 1.807) is 0 Å². The molecule has 0 radical (unpaired) electrons. The Hall–Kier alpha value is -4.20. The zero-order valence-corrected chi connectivity index (χ0v) is 18.1. The molecule has 0 saturated carbocycles. The molecule has 34 heavy (non-hydrogen) atoms. The number of benzene rings is 1. The largest absolute Gasteiger partial charge is 0.456 e. The van der Waals surface area contributed by atoms with Gasteiger partial charge in [0.1, 0.15) is 0 Å². The van der Waals surface area contributed by atoms with Crippen LogP contribution < -0.4 is 11.0 Å². The van der Waals surface area contributed by atoms with Crippen LogP contribution in [-0.2, 0) is 23.8 Å². The quantitative estimate of drug-likeness (QED) is 0.363. The highest BCUT2D eigenvalue weighted by atomic mass is 19.1. The maximum Gasteiger partial charge on any atom is 0.351 e. The standard InChI is InChI=1S/C20H19FN4O9/c1-9-15(33-10(2)26)16(34-11(3)27)19(32-9)24-8-14(21)17(23-20(24)29)22-18(28)12-4-6-13(7-5-12)25(30)31/h4-9,15-16,19H,1-3H3,(H,22,23,28,29)/t9-,15-,16-,19-/m1/s1. The number of nitro benzene ring substituents is 1. The van der Waals surface area contributed by atoms with Gasteiger partial charge in [-0.3, -0.25) is 29.1 Å². The summed E-state index contributed by atoms with van der Waals surface area (Å²) in [6.07, 6.45) is -3.81. The fraction of sp³-hybridized carbons (Fsp3) is 0.350. The van der Waals surface area contributed by atoms with Gasteiger partial charge in [0.2, 0.25) is 0 Å². The summed E-state index contributed by atoms with van der Waals surface area (Å²) >= 11 is 0. The summed E-state index contributed by atoms with van der Waals surface area (Å²) in [4.78, 5) is 61.5. The number of esters is 2. The lowest BCUT2D eigenvalue weighted by Gasteiger charge is -2.23. The number of ether oxygens (including phenoxy) is 3. The van der Waals surface area contributed by atoms with Crippen molar-refractivity contribution in [1.82, 2.24) is 9.55 Å². The normalized spacial score (nSPS) is 21.5. The molecule has 1 aromatic carbocycles. The summed E-state index contributed by atoms with van der Waals surface area (Å²) in [5.41, 5.74) is -1.34. The molecule has 180 valence electrons. The maximum absolute atomic E-state index is 14.7. The first-order valence-electron chi connectivity index (χ1n) is 9.82. The first-order valence-corrected chi connectivity index (χ1v) is 9.82. The minimum absolute atomic E-state index is 0.0388. The average molecular weight is 478 g/mol. The van der Waals surface area contributed by atoms with Crippen LogP contribution in [0.4, 0.5) is 15.9 Å². The van der Waals surface area contributed by atoms with Crippen molar-refractivity contribution in [3.8, 4) is 0 Å². The van der Waals surface area contributed by atoms with E-state index in [0.717, 1.165) is 38.1 Å². The maximum atomic E-state index is 14.7. The zero-order chi connectivity index (χ0) is 25.2. The van der Waals surface area contributed by atoms with Crippen LogP contribution in [0.1, 0.15) is 37.4 Å². The fourth-order valence-corrected chi connectivity index (χ4v) is 3.33. The molecular weight excluding hydrogens is 459 g/mol. The van der Waals surface area contributed by atoms with Gasteiger partial charge in [0.25, 0.3) is 11.6 Å². The van der Waals surface area contributed by atoms with Crippen LogP contribution in [0.3, 0.4) is 0 Å². The van der Waals surface area contributed by atoms with Crippen LogP contribution >= 0.6 is 0 Å². The Morgan fingerprint density at radius 1 is 1.15 bits per heavy atom. The third-order valence-electron chi connectivity index (χ3n) is 4.78. The predicted molar refractivity (Wildman–Crippen MR) is 110 cm³/mol. The second-order valence-electron chi connectivity index (χ2n) is 7.27. The average Bonchev–Trinajstić information content (AvgIpc) is 3.04. The number of nitro groups is 1. The number of hydrogen-bond acceptors (Lipinski definition) is 10. The number of anilines is 1. The Labute approximate surface area is 190 Å². The van der Waals surface area contributed by atoms with E-state index >= 15 is 0 Å². The fourth-order valence-electron chi connectivity index (χ4n) is 3.33. The number of amides is 1. The first-order chi connectivity index (χ1) is 16.0.